The van der Waals surface area contributed by atoms with Crippen LogP contribution in [0.2, 0.25) is 0 Å². The average molecular weight is 292 g/mol. The predicted octanol–water partition coefficient (Wildman–Crippen LogP) is 2.50. The lowest BCUT2D eigenvalue weighted by Crippen LogP contribution is -2.21. The summed E-state index contributed by atoms with van der Waals surface area (Å²) in [6.45, 7) is 3.49. The Morgan fingerprint density at radius 3 is 2.60 bits per heavy atom. The van der Waals surface area contributed by atoms with E-state index in [1.54, 1.807) is 26.0 Å². The Hall–Kier alpha value is -2.48. The monoisotopic (exact) mass is 292 g/mol. The van der Waals surface area contributed by atoms with E-state index in [0.717, 1.165) is 17.1 Å². The molecule has 0 aliphatic heterocycles. The van der Waals surface area contributed by atoms with Gasteiger partial charge in [-0.15, -0.1) is 0 Å². The van der Waals surface area contributed by atoms with Crippen LogP contribution in [-0.4, -0.2) is 26.5 Å². The number of carbonyl (C=O) groups excluding carboxylic acids is 1. The molecule has 1 heterocycles. The summed E-state index contributed by atoms with van der Waals surface area (Å²) >= 11 is 1.05. The highest BCUT2D eigenvalue weighted by molar-refractivity contribution is 7.09. The van der Waals surface area contributed by atoms with Crippen molar-refractivity contribution in [3.63, 3.8) is 0 Å². The van der Waals surface area contributed by atoms with Crippen LogP contribution in [0.3, 0.4) is 0 Å². The van der Waals surface area contributed by atoms with E-state index in [9.17, 15) is 9.59 Å². The second-order valence-corrected chi connectivity index (χ2v) is 4.83. The molecule has 7 nitrogen and oxygen atoms in total. The van der Waals surface area contributed by atoms with Gasteiger partial charge in [-0.05, 0) is 26.0 Å². The largest absolute Gasteiger partial charge is 0.478 e. The number of aromatic carboxylic acids is 1. The molecule has 0 bridgehead atoms. The van der Waals surface area contributed by atoms with Crippen LogP contribution in [0, 0.1) is 13.8 Å². The van der Waals surface area contributed by atoms with Crippen molar-refractivity contribution in [3.05, 3.63) is 35.2 Å². The van der Waals surface area contributed by atoms with E-state index < -0.39 is 12.0 Å². The van der Waals surface area contributed by atoms with Crippen molar-refractivity contribution in [3.8, 4) is 0 Å². The van der Waals surface area contributed by atoms with Gasteiger partial charge in [0, 0.05) is 11.5 Å². The number of carboxylic acid groups (broad SMARTS) is 1. The van der Waals surface area contributed by atoms with Gasteiger partial charge >= 0.3 is 12.0 Å². The van der Waals surface area contributed by atoms with Gasteiger partial charge in [0.2, 0.25) is 5.13 Å². The molecule has 0 aliphatic carbocycles. The van der Waals surface area contributed by atoms with Gasteiger partial charge in [-0.3, -0.25) is 5.32 Å². The van der Waals surface area contributed by atoms with E-state index in [-0.39, 0.29) is 11.3 Å². The van der Waals surface area contributed by atoms with Gasteiger partial charge in [0.1, 0.15) is 5.82 Å². The van der Waals surface area contributed by atoms with Crippen LogP contribution in [0.5, 0.6) is 0 Å². The first-order chi connectivity index (χ1) is 9.45. The van der Waals surface area contributed by atoms with Gasteiger partial charge in [0.25, 0.3) is 0 Å². The maximum atomic E-state index is 11.8. The molecule has 1 aromatic carbocycles. The van der Waals surface area contributed by atoms with Crippen molar-refractivity contribution >= 4 is 34.4 Å². The number of nitrogens with one attached hydrogen (secondary N) is 2. The fraction of sp³-hybridized carbons (Fsp3) is 0.167. The number of anilines is 2. The molecule has 2 rings (SSSR count). The normalized spacial score (nSPS) is 10.1. The lowest BCUT2D eigenvalue weighted by molar-refractivity contribution is 0.0698. The second kappa shape index (κ2) is 5.66. The molecule has 0 spiro atoms. The summed E-state index contributed by atoms with van der Waals surface area (Å²) in [4.78, 5) is 26.9. The molecule has 3 N–H and O–H groups in total. The first-order valence-electron chi connectivity index (χ1n) is 5.68. The van der Waals surface area contributed by atoms with Crippen molar-refractivity contribution < 1.29 is 14.7 Å². The third kappa shape index (κ3) is 3.29. The SMILES string of the molecule is Cc1ccc(NC(=O)Nc2nc(C)ns2)c(C(=O)O)c1. The number of aryl methyl sites for hydroxylation is 2. The summed E-state index contributed by atoms with van der Waals surface area (Å²) in [6.07, 6.45) is 0. The van der Waals surface area contributed by atoms with Gasteiger partial charge in [-0.1, -0.05) is 11.6 Å². The molecular formula is C12H12N4O3S. The standard InChI is InChI=1S/C12H12N4O3S/c1-6-3-4-9(8(5-6)10(17)18)14-11(19)15-12-13-7(2)16-20-12/h3-5H,1-2H3,(H,17,18)(H2,13,14,15,16,19). The summed E-state index contributed by atoms with van der Waals surface area (Å²) in [7, 11) is 0. The van der Waals surface area contributed by atoms with E-state index in [0.29, 0.717) is 11.0 Å². The molecule has 0 fully saturated rings. The average Bonchev–Trinajstić information content (AvgIpc) is 2.76. The van der Waals surface area contributed by atoms with Crippen molar-refractivity contribution in [2.24, 2.45) is 0 Å². The molecule has 0 unspecified atom stereocenters. The third-order valence-corrected chi connectivity index (χ3v) is 3.12. The first kappa shape index (κ1) is 13.9. The van der Waals surface area contributed by atoms with Gasteiger partial charge in [-0.25, -0.2) is 14.6 Å². The number of benzene rings is 1. The van der Waals surface area contributed by atoms with Crippen LogP contribution >= 0.6 is 11.5 Å². The molecule has 1 aromatic heterocycles. The first-order valence-corrected chi connectivity index (χ1v) is 6.45. The number of aromatic nitrogens is 2. The minimum Gasteiger partial charge on any atom is -0.478 e. The Kier molecular flexibility index (Phi) is 3.94. The summed E-state index contributed by atoms with van der Waals surface area (Å²) in [5.41, 5.74) is 1.06. The molecule has 0 radical (unpaired) electrons. The smallest absolute Gasteiger partial charge is 0.337 e. The van der Waals surface area contributed by atoms with Crippen molar-refractivity contribution in [2.75, 3.05) is 10.6 Å². The van der Waals surface area contributed by atoms with Crippen molar-refractivity contribution in [1.82, 2.24) is 9.36 Å². The van der Waals surface area contributed by atoms with Crippen LogP contribution in [0.1, 0.15) is 21.7 Å². The Labute approximate surface area is 118 Å². The third-order valence-electron chi connectivity index (χ3n) is 2.40. The van der Waals surface area contributed by atoms with Crippen LogP contribution in [0.15, 0.2) is 18.2 Å². The minimum atomic E-state index is -1.10. The fourth-order valence-electron chi connectivity index (χ4n) is 1.54. The molecular weight excluding hydrogens is 280 g/mol. The highest BCUT2D eigenvalue weighted by Crippen LogP contribution is 2.18. The van der Waals surface area contributed by atoms with Gasteiger partial charge in [0.15, 0.2) is 0 Å². The minimum absolute atomic E-state index is 0.0357. The number of hydrogen-bond acceptors (Lipinski definition) is 5. The molecule has 104 valence electrons. The van der Waals surface area contributed by atoms with E-state index >= 15 is 0 Å². The van der Waals surface area contributed by atoms with Gasteiger partial charge in [0.05, 0.1) is 11.3 Å². The van der Waals surface area contributed by atoms with Crippen molar-refractivity contribution in [1.29, 1.82) is 0 Å². The number of urea groups is 1. The lowest BCUT2D eigenvalue weighted by Gasteiger charge is -2.09. The molecule has 8 heteroatoms. The molecule has 0 atom stereocenters. The number of rotatable bonds is 3. The van der Waals surface area contributed by atoms with E-state index in [1.807, 2.05) is 0 Å². The maximum Gasteiger partial charge on any atom is 0.337 e. The van der Waals surface area contributed by atoms with E-state index in [2.05, 4.69) is 20.0 Å². The zero-order valence-electron chi connectivity index (χ0n) is 10.8. The summed E-state index contributed by atoms with van der Waals surface area (Å²) < 4.78 is 3.93. The Morgan fingerprint density at radius 1 is 1.25 bits per heavy atom. The van der Waals surface area contributed by atoms with Gasteiger partial charge < -0.3 is 10.4 Å². The predicted molar refractivity (Wildman–Crippen MR) is 75.4 cm³/mol. The summed E-state index contributed by atoms with van der Waals surface area (Å²) in [6, 6.07) is 4.20. The quantitative estimate of drug-likeness (QED) is 0.806. The zero-order valence-corrected chi connectivity index (χ0v) is 11.6. The zero-order chi connectivity index (χ0) is 14.7. The number of nitrogens with zero attached hydrogens (tertiary/aromatic N) is 2. The number of carbonyl (C=O) groups is 2. The van der Waals surface area contributed by atoms with Crippen LogP contribution in [0.4, 0.5) is 15.6 Å². The molecule has 0 saturated heterocycles. The molecule has 2 aromatic rings. The second-order valence-electron chi connectivity index (χ2n) is 4.08. The molecule has 0 saturated carbocycles. The molecule has 20 heavy (non-hydrogen) atoms. The number of carboxylic acids is 1. The maximum absolute atomic E-state index is 11.8. The Balaban J connectivity index is 2.13. The Morgan fingerprint density at radius 2 is 2.00 bits per heavy atom. The lowest BCUT2D eigenvalue weighted by atomic mass is 10.1. The number of hydrogen-bond donors (Lipinski definition) is 3. The highest BCUT2D eigenvalue weighted by Gasteiger charge is 2.13. The summed E-state index contributed by atoms with van der Waals surface area (Å²) in [5, 5.41) is 14.4. The topological polar surface area (TPSA) is 104 Å². The highest BCUT2D eigenvalue weighted by atomic mass is 32.1. The Bertz CT molecular complexity index is 668. The van der Waals surface area contributed by atoms with E-state index in [1.165, 1.54) is 6.07 Å². The fourth-order valence-corrected chi connectivity index (χ4v) is 2.11. The van der Waals surface area contributed by atoms with Crippen LogP contribution in [-0.2, 0) is 0 Å². The molecule has 0 aliphatic rings. The van der Waals surface area contributed by atoms with Crippen LogP contribution in [0.25, 0.3) is 0 Å². The van der Waals surface area contributed by atoms with Crippen LogP contribution < -0.4 is 10.6 Å². The van der Waals surface area contributed by atoms with E-state index in [4.69, 9.17) is 5.11 Å². The summed E-state index contributed by atoms with van der Waals surface area (Å²) in [5.74, 6) is -0.539. The molecule has 2 amide bonds. The van der Waals surface area contributed by atoms with Crippen molar-refractivity contribution in [2.45, 2.75) is 13.8 Å². The number of amides is 2. The van der Waals surface area contributed by atoms with Gasteiger partial charge in [-0.2, -0.15) is 4.37 Å².